The van der Waals surface area contributed by atoms with Gasteiger partial charge in [-0.3, -0.25) is 14.3 Å². The van der Waals surface area contributed by atoms with Crippen molar-refractivity contribution in [2.75, 3.05) is 5.32 Å². The van der Waals surface area contributed by atoms with E-state index < -0.39 is 29.5 Å². The van der Waals surface area contributed by atoms with Crippen LogP contribution in [0.1, 0.15) is 33.2 Å². The van der Waals surface area contributed by atoms with Gasteiger partial charge in [0.15, 0.2) is 0 Å². The van der Waals surface area contributed by atoms with Crippen LogP contribution in [-0.2, 0) is 17.5 Å². The molecule has 0 saturated heterocycles. The molecule has 13 heteroatoms. The first-order chi connectivity index (χ1) is 16.9. The van der Waals surface area contributed by atoms with Gasteiger partial charge in [-0.15, -0.1) is 11.3 Å². The van der Waals surface area contributed by atoms with Gasteiger partial charge in [-0.1, -0.05) is 23.7 Å². The lowest BCUT2D eigenvalue weighted by molar-refractivity contribution is -0.140. The Labute approximate surface area is 210 Å². The van der Waals surface area contributed by atoms with Crippen molar-refractivity contribution in [2.45, 2.75) is 33.0 Å². The number of nitrogens with one attached hydrogen (secondary N) is 1. The number of amides is 2. The van der Waals surface area contributed by atoms with Gasteiger partial charge < -0.3 is 11.1 Å². The topological polar surface area (TPSA) is 103 Å². The van der Waals surface area contributed by atoms with Crippen LogP contribution < -0.4 is 11.1 Å². The fraction of sp³-hybridized carbons (Fsp3) is 0.217. The Hall–Kier alpha value is -3.51. The summed E-state index contributed by atoms with van der Waals surface area (Å²) in [6.07, 6.45) is -4.86. The van der Waals surface area contributed by atoms with Crippen LogP contribution in [0.25, 0.3) is 21.3 Å². The fourth-order valence-corrected chi connectivity index (χ4v) is 4.84. The molecular formula is C23H18ClF4N5O2S. The Balaban J connectivity index is 1.80. The second-order valence-electron chi connectivity index (χ2n) is 7.92. The summed E-state index contributed by atoms with van der Waals surface area (Å²) in [5.41, 5.74) is 5.74. The molecule has 0 spiro atoms. The van der Waals surface area contributed by atoms with E-state index in [1.807, 2.05) is 0 Å². The number of thiophene rings is 1. The first-order valence-electron chi connectivity index (χ1n) is 10.5. The largest absolute Gasteiger partial charge is 0.433 e. The zero-order valence-electron chi connectivity index (χ0n) is 18.8. The number of aryl methyl sites for hydroxylation is 2. The number of carbonyl (C=O) groups is 2. The molecular weight excluding hydrogens is 522 g/mol. The van der Waals surface area contributed by atoms with Crippen LogP contribution in [0.3, 0.4) is 0 Å². The number of nitrogens with two attached hydrogens (primary N) is 1. The molecule has 0 atom stereocenters. The van der Waals surface area contributed by atoms with Gasteiger partial charge in [0.1, 0.15) is 21.2 Å². The molecule has 0 fully saturated rings. The van der Waals surface area contributed by atoms with Gasteiger partial charge in [0.25, 0.3) is 5.91 Å². The number of nitrogens with zero attached hydrogens (tertiary/aromatic N) is 3. The monoisotopic (exact) mass is 539 g/mol. The van der Waals surface area contributed by atoms with Gasteiger partial charge in [-0.25, -0.2) is 9.37 Å². The number of primary amides is 1. The highest BCUT2D eigenvalue weighted by molar-refractivity contribution is 7.21. The number of fused-ring (bicyclic) bond motifs is 1. The van der Waals surface area contributed by atoms with Crippen LogP contribution in [-0.4, -0.2) is 26.6 Å². The first-order valence-corrected chi connectivity index (χ1v) is 11.7. The predicted octanol–water partition coefficient (Wildman–Crippen LogP) is 5.72. The van der Waals surface area contributed by atoms with Crippen LogP contribution >= 0.6 is 22.9 Å². The van der Waals surface area contributed by atoms with Crippen LogP contribution in [0.4, 0.5) is 23.2 Å². The number of hydrogen-bond acceptors (Lipinski definition) is 5. The van der Waals surface area contributed by atoms with Crippen molar-refractivity contribution in [3.8, 4) is 11.1 Å². The van der Waals surface area contributed by atoms with Crippen molar-refractivity contribution in [3.05, 3.63) is 63.1 Å². The molecule has 7 nitrogen and oxygen atoms in total. The number of alkyl halides is 3. The normalized spacial score (nSPS) is 11.8. The minimum Gasteiger partial charge on any atom is -0.365 e. The summed E-state index contributed by atoms with van der Waals surface area (Å²) < 4.78 is 55.8. The highest BCUT2D eigenvalue weighted by atomic mass is 35.5. The third-order valence-electron chi connectivity index (χ3n) is 5.44. The number of halogens is 5. The fourth-order valence-electron chi connectivity index (χ4n) is 3.70. The summed E-state index contributed by atoms with van der Waals surface area (Å²) in [5.74, 6) is -2.07. The van der Waals surface area contributed by atoms with E-state index in [0.29, 0.717) is 27.7 Å². The molecule has 4 rings (SSSR count). The lowest BCUT2D eigenvalue weighted by Gasteiger charge is -2.12. The lowest BCUT2D eigenvalue weighted by Crippen LogP contribution is -2.18. The van der Waals surface area contributed by atoms with E-state index in [1.54, 1.807) is 18.5 Å². The Morgan fingerprint density at radius 3 is 2.42 bits per heavy atom. The molecule has 3 aromatic heterocycles. The zero-order valence-corrected chi connectivity index (χ0v) is 20.4. The van der Waals surface area contributed by atoms with Gasteiger partial charge in [-0.2, -0.15) is 18.3 Å². The highest BCUT2D eigenvalue weighted by Crippen LogP contribution is 2.43. The standard InChI is InChI=1S/C23H18ClF4N5O2S/c1-10-18(24)11(2)33(32-10)8-7-16(34)31-19-17-14(12-3-5-13(25)6-4-12)9-15(23(26,27)28)30-22(17)36-20(19)21(29)35/h3-6,9H,7-8H2,1-2H3,(H2,29,35)(H,31,34). The summed E-state index contributed by atoms with van der Waals surface area (Å²) >= 11 is 6.76. The van der Waals surface area contributed by atoms with Crippen molar-refractivity contribution in [3.63, 3.8) is 0 Å². The average molecular weight is 540 g/mol. The smallest absolute Gasteiger partial charge is 0.365 e. The maximum Gasteiger partial charge on any atom is 0.433 e. The van der Waals surface area contributed by atoms with Crippen molar-refractivity contribution in [1.29, 1.82) is 0 Å². The molecule has 0 aliphatic rings. The Morgan fingerprint density at radius 1 is 1.19 bits per heavy atom. The Morgan fingerprint density at radius 2 is 1.86 bits per heavy atom. The van der Waals surface area contributed by atoms with Crippen molar-refractivity contribution in [1.82, 2.24) is 14.8 Å². The van der Waals surface area contributed by atoms with E-state index >= 15 is 0 Å². The molecule has 3 heterocycles. The third-order valence-corrected chi connectivity index (χ3v) is 7.08. The second-order valence-corrected chi connectivity index (χ2v) is 9.29. The number of carbonyl (C=O) groups excluding carboxylic acids is 2. The van der Waals surface area contributed by atoms with Gasteiger partial charge >= 0.3 is 6.18 Å². The first kappa shape index (κ1) is 25.6. The van der Waals surface area contributed by atoms with Crippen LogP contribution in [0.2, 0.25) is 5.02 Å². The minimum atomic E-state index is -4.79. The number of hydrogen-bond donors (Lipinski definition) is 2. The summed E-state index contributed by atoms with van der Waals surface area (Å²) in [6.45, 7) is 3.64. The zero-order chi connectivity index (χ0) is 26.4. The molecule has 3 N–H and O–H groups in total. The van der Waals surface area contributed by atoms with E-state index in [-0.39, 0.29) is 44.9 Å². The predicted molar refractivity (Wildman–Crippen MR) is 128 cm³/mol. The van der Waals surface area contributed by atoms with E-state index in [4.69, 9.17) is 17.3 Å². The maximum absolute atomic E-state index is 13.6. The van der Waals surface area contributed by atoms with Crippen LogP contribution in [0, 0.1) is 19.7 Å². The molecule has 0 aliphatic carbocycles. The Bertz CT molecular complexity index is 1500. The van der Waals surface area contributed by atoms with Gasteiger partial charge in [0.2, 0.25) is 5.91 Å². The van der Waals surface area contributed by atoms with Crippen molar-refractivity contribution < 1.29 is 27.2 Å². The lowest BCUT2D eigenvalue weighted by atomic mass is 10.0. The highest BCUT2D eigenvalue weighted by Gasteiger charge is 2.35. The van der Waals surface area contributed by atoms with E-state index in [2.05, 4.69) is 15.4 Å². The molecule has 4 aromatic rings. The molecule has 2 amide bonds. The van der Waals surface area contributed by atoms with E-state index in [1.165, 1.54) is 12.1 Å². The van der Waals surface area contributed by atoms with Gasteiger partial charge in [0, 0.05) is 11.8 Å². The number of benzene rings is 1. The molecule has 0 aliphatic heterocycles. The average Bonchev–Trinajstić information content (AvgIpc) is 3.29. The summed E-state index contributed by atoms with van der Waals surface area (Å²) in [5, 5.41) is 7.43. The number of pyridine rings is 1. The molecule has 0 radical (unpaired) electrons. The Kier molecular flexibility index (Phi) is 6.76. The molecule has 0 saturated carbocycles. The third kappa shape index (κ3) is 4.91. The van der Waals surface area contributed by atoms with Gasteiger partial charge in [-0.05, 0) is 43.2 Å². The molecule has 0 bridgehead atoms. The number of anilines is 1. The summed E-state index contributed by atoms with van der Waals surface area (Å²) in [6, 6.07) is 5.57. The van der Waals surface area contributed by atoms with Gasteiger partial charge in [0.05, 0.1) is 28.6 Å². The molecule has 0 unspecified atom stereocenters. The SMILES string of the molecule is Cc1nn(CCC(=O)Nc2c(C(N)=O)sc3nc(C(F)(F)F)cc(-c4ccc(F)cc4)c23)c(C)c1Cl. The summed E-state index contributed by atoms with van der Waals surface area (Å²) in [7, 11) is 0. The van der Waals surface area contributed by atoms with Crippen LogP contribution in [0.15, 0.2) is 30.3 Å². The maximum atomic E-state index is 13.6. The van der Waals surface area contributed by atoms with E-state index in [9.17, 15) is 27.2 Å². The number of aromatic nitrogens is 3. The molecule has 188 valence electrons. The molecule has 1 aromatic carbocycles. The minimum absolute atomic E-state index is 0.0108. The molecule has 36 heavy (non-hydrogen) atoms. The van der Waals surface area contributed by atoms with Crippen molar-refractivity contribution in [2.24, 2.45) is 5.73 Å². The van der Waals surface area contributed by atoms with E-state index in [0.717, 1.165) is 18.2 Å². The van der Waals surface area contributed by atoms with Crippen LogP contribution in [0.5, 0.6) is 0 Å². The van der Waals surface area contributed by atoms with Crippen molar-refractivity contribution >= 4 is 50.7 Å². The second kappa shape index (κ2) is 9.51. The quantitative estimate of drug-likeness (QED) is 0.306. The summed E-state index contributed by atoms with van der Waals surface area (Å²) in [4.78, 5) is 28.4. The number of rotatable bonds is 6.